The molecule has 1 aromatic rings. The fourth-order valence-corrected chi connectivity index (χ4v) is 2.36. The van der Waals surface area contributed by atoms with Crippen molar-refractivity contribution in [2.75, 3.05) is 13.1 Å². The van der Waals surface area contributed by atoms with Gasteiger partial charge < -0.3 is 5.11 Å². The van der Waals surface area contributed by atoms with Gasteiger partial charge in [-0.25, -0.2) is 0 Å². The lowest BCUT2D eigenvalue weighted by Crippen LogP contribution is -2.37. The summed E-state index contributed by atoms with van der Waals surface area (Å²) in [5.41, 5.74) is 2.33. The van der Waals surface area contributed by atoms with Crippen LogP contribution in [0.3, 0.4) is 0 Å². The highest BCUT2D eigenvalue weighted by Gasteiger charge is 2.18. The Labute approximate surface area is 103 Å². The Balaban J connectivity index is 1.99. The molecule has 1 atom stereocenters. The quantitative estimate of drug-likeness (QED) is 0.801. The molecule has 1 fully saturated rings. The Bertz CT molecular complexity index is 386. The van der Waals surface area contributed by atoms with Gasteiger partial charge in [-0.05, 0) is 26.3 Å². The molecule has 17 heavy (non-hydrogen) atoms. The number of aliphatic hydroxyl groups is 1. The molecule has 94 valence electrons. The van der Waals surface area contributed by atoms with Gasteiger partial charge in [0.15, 0.2) is 0 Å². The third-order valence-electron chi connectivity index (χ3n) is 3.24. The maximum Gasteiger partial charge on any atom is 0.0667 e. The summed E-state index contributed by atoms with van der Waals surface area (Å²) < 4.78 is 1.91. The highest BCUT2D eigenvalue weighted by molar-refractivity contribution is 5.15. The van der Waals surface area contributed by atoms with Crippen molar-refractivity contribution in [1.82, 2.24) is 14.7 Å². The zero-order chi connectivity index (χ0) is 12.3. The van der Waals surface area contributed by atoms with E-state index in [1.54, 1.807) is 0 Å². The van der Waals surface area contributed by atoms with E-state index in [0.29, 0.717) is 0 Å². The van der Waals surface area contributed by atoms with Gasteiger partial charge >= 0.3 is 0 Å². The monoisotopic (exact) mass is 235 g/mol. The fourth-order valence-electron chi connectivity index (χ4n) is 2.36. The van der Waals surface area contributed by atoms with Crippen LogP contribution in [0.1, 0.15) is 24.1 Å². The normalized spacial score (nSPS) is 21.6. The Morgan fingerprint density at radius 2 is 2.47 bits per heavy atom. The second kappa shape index (κ2) is 5.47. The number of hydrogen-bond donors (Lipinski definition) is 1. The van der Waals surface area contributed by atoms with Gasteiger partial charge in [-0.3, -0.25) is 9.58 Å². The summed E-state index contributed by atoms with van der Waals surface area (Å²) in [6.45, 7) is 9.25. The van der Waals surface area contributed by atoms with E-state index in [1.165, 1.54) is 5.56 Å². The van der Waals surface area contributed by atoms with E-state index in [-0.39, 0.29) is 6.10 Å². The first kappa shape index (κ1) is 12.3. The van der Waals surface area contributed by atoms with E-state index in [0.717, 1.165) is 44.7 Å². The summed E-state index contributed by atoms with van der Waals surface area (Å²) in [6.07, 6.45) is 5.79. The number of allylic oxidation sites excluding steroid dienone is 1. The number of aliphatic hydroxyl groups excluding tert-OH is 1. The molecule has 1 aliphatic rings. The van der Waals surface area contributed by atoms with Gasteiger partial charge in [0, 0.05) is 24.8 Å². The summed E-state index contributed by atoms with van der Waals surface area (Å²) >= 11 is 0. The fraction of sp³-hybridized carbons (Fsp3) is 0.615. The second-order valence-corrected chi connectivity index (χ2v) is 4.78. The molecule has 1 unspecified atom stereocenters. The second-order valence-electron chi connectivity index (χ2n) is 4.78. The molecule has 1 saturated heterocycles. The predicted molar refractivity (Wildman–Crippen MR) is 67.7 cm³/mol. The lowest BCUT2D eigenvalue weighted by atomic mass is 10.1. The van der Waals surface area contributed by atoms with Gasteiger partial charge in [0.1, 0.15) is 0 Å². The standard InChI is InChI=1S/C13H21N3O/c1-3-6-16-9-12(11(2)14-16)8-15-7-4-5-13(17)10-15/h3,9,13,17H,1,4-8,10H2,2H3. The zero-order valence-corrected chi connectivity index (χ0v) is 10.5. The van der Waals surface area contributed by atoms with Crippen molar-refractivity contribution in [2.45, 2.75) is 39.0 Å². The summed E-state index contributed by atoms with van der Waals surface area (Å²) in [5, 5.41) is 14.1. The van der Waals surface area contributed by atoms with Crippen LogP contribution in [-0.2, 0) is 13.1 Å². The minimum absolute atomic E-state index is 0.160. The molecule has 2 rings (SSSR count). The molecule has 1 aliphatic heterocycles. The molecule has 0 amide bonds. The van der Waals surface area contributed by atoms with Crippen LogP contribution in [0.5, 0.6) is 0 Å². The van der Waals surface area contributed by atoms with E-state index < -0.39 is 0 Å². The van der Waals surface area contributed by atoms with E-state index in [1.807, 2.05) is 17.7 Å². The van der Waals surface area contributed by atoms with Crippen molar-refractivity contribution in [3.63, 3.8) is 0 Å². The molecule has 0 radical (unpaired) electrons. The topological polar surface area (TPSA) is 41.3 Å². The molecule has 4 heteroatoms. The van der Waals surface area contributed by atoms with Crippen LogP contribution in [0, 0.1) is 6.92 Å². The number of aromatic nitrogens is 2. The Hall–Kier alpha value is -1.13. The first-order chi connectivity index (χ1) is 8.19. The van der Waals surface area contributed by atoms with Gasteiger partial charge in [0.25, 0.3) is 0 Å². The molecule has 2 heterocycles. The molecule has 0 spiro atoms. The van der Waals surface area contributed by atoms with Crippen LogP contribution in [0.25, 0.3) is 0 Å². The Kier molecular flexibility index (Phi) is 3.97. The lowest BCUT2D eigenvalue weighted by Gasteiger charge is -2.29. The van der Waals surface area contributed by atoms with Crippen LogP contribution in [-0.4, -0.2) is 39.0 Å². The molecular weight excluding hydrogens is 214 g/mol. The van der Waals surface area contributed by atoms with Crippen LogP contribution >= 0.6 is 0 Å². The van der Waals surface area contributed by atoms with Crippen molar-refractivity contribution in [1.29, 1.82) is 0 Å². The minimum Gasteiger partial charge on any atom is -0.392 e. The van der Waals surface area contributed by atoms with Gasteiger partial charge in [-0.15, -0.1) is 6.58 Å². The molecule has 1 aromatic heterocycles. The number of hydrogen-bond acceptors (Lipinski definition) is 3. The van der Waals surface area contributed by atoms with Crippen molar-refractivity contribution in [3.05, 3.63) is 30.1 Å². The molecule has 1 N–H and O–H groups in total. The third-order valence-corrected chi connectivity index (χ3v) is 3.24. The Morgan fingerprint density at radius 3 is 3.18 bits per heavy atom. The van der Waals surface area contributed by atoms with Crippen molar-refractivity contribution >= 4 is 0 Å². The molecule has 4 nitrogen and oxygen atoms in total. The van der Waals surface area contributed by atoms with Gasteiger partial charge in [0.2, 0.25) is 0 Å². The molecule has 0 bridgehead atoms. The van der Waals surface area contributed by atoms with Crippen LogP contribution in [0.2, 0.25) is 0 Å². The highest BCUT2D eigenvalue weighted by atomic mass is 16.3. The molecular formula is C13H21N3O. The van der Waals surface area contributed by atoms with E-state index >= 15 is 0 Å². The van der Waals surface area contributed by atoms with Crippen LogP contribution in [0.4, 0.5) is 0 Å². The Morgan fingerprint density at radius 1 is 1.65 bits per heavy atom. The summed E-state index contributed by atoms with van der Waals surface area (Å²) in [6, 6.07) is 0. The third kappa shape index (κ3) is 3.17. The van der Waals surface area contributed by atoms with Gasteiger partial charge in [-0.1, -0.05) is 6.08 Å². The maximum absolute atomic E-state index is 9.64. The number of aryl methyl sites for hydroxylation is 1. The number of nitrogens with zero attached hydrogens (tertiary/aromatic N) is 3. The van der Waals surface area contributed by atoms with Crippen molar-refractivity contribution in [2.24, 2.45) is 0 Å². The molecule has 0 saturated carbocycles. The zero-order valence-electron chi connectivity index (χ0n) is 10.5. The van der Waals surface area contributed by atoms with Crippen molar-refractivity contribution in [3.8, 4) is 0 Å². The summed E-state index contributed by atoms with van der Waals surface area (Å²) in [5.74, 6) is 0. The molecule has 0 aromatic carbocycles. The smallest absolute Gasteiger partial charge is 0.0667 e. The average Bonchev–Trinajstić information content (AvgIpc) is 2.60. The van der Waals surface area contributed by atoms with Gasteiger partial charge in [-0.2, -0.15) is 5.10 Å². The number of likely N-dealkylation sites (tertiary alicyclic amines) is 1. The van der Waals surface area contributed by atoms with E-state index in [4.69, 9.17) is 0 Å². The average molecular weight is 235 g/mol. The van der Waals surface area contributed by atoms with Crippen molar-refractivity contribution < 1.29 is 5.11 Å². The largest absolute Gasteiger partial charge is 0.392 e. The summed E-state index contributed by atoms with van der Waals surface area (Å²) in [7, 11) is 0. The SMILES string of the molecule is C=CCn1cc(CN2CCCC(O)C2)c(C)n1. The predicted octanol–water partition coefficient (Wildman–Crippen LogP) is 1.33. The van der Waals surface area contributed by atoms with Crippen LogP contribution in [0.15, 0.2) is 18.9 Å². The number of rotatable bonds is 4. The maximum atomic E-state index is 9.64. The minimum atomic E-state index is -0.160. The van der Waals surface area contributed by atoms with E-state index in [2.05, 4.69) is 22.8 Å². The first-order valence-electron chi connectivity index (χ1n) is 6.23. The first-order valence-corrected chi connectivity index (χ1v) is 6.23. The van der Waals surface area contributed by atoms with E-state index in [9.17, 15) is 5.11 Å². The molecule has 0 aliphatic carbocycles. The number of piperidine rings is 1. The van der Waals surface area contributed by atoms with Crippen LogP contribution < -0.4 is 0 Å². The summed E-state index contributed by atoms with van der Waals surface area (Å²) in [4.78, 5) is 2.30. The lowest BCUT2D eigenvalue weighted by molar-refractivity contribution is 0.0667. The highest BCUT2D eigenvalue weighted by Crippen LogP contribution is 2.15. The van der Waals surface area contributed by atoms with Gasteiger partial charge in [0.05, 0.1) is 18.3 Å². The number of β-amino-alcohol motifs (C(OH)–C–C–N with tert-alkyl or cyclic N) is 1.